The molecule has 0 spiro atoms. The van der Waals surface area contributed by atoms with E-state index in [2.05, 4.69) is 37.0 Å². The fourth-order valence-electron chi connectivity index (χ4n) is 2.67. The zero-order valence-electron chi connectivity index (χ0n) is 12.3. The Balaban J connectivity index is 1.89. The molecule has 1 heterocycles. The summed E-state index contributed by atoms with van der Waals surface area (Å²) in [5, 5.41) is 1.06. The summed E-state index contributed by atoms with van der Waals surface area (Å²) in [6, 6.07) is 17.8. The number of aryl methyl sites for hydroxylation is 2. The Morgan fingerprint density at radius 2 is 1.67 bits per heavy atom. The van der Waals surface area contributed by atoms with Gasteiger partial charge in [0.05, 0.1) is 5.52 Å². The van der Waals surface area contributed by atoms with Gasteiger partial charge in [0.1, 0.15) is 5.69 Å². The average molecular weight is 275 g/mol. The Labute approximate surface area is 124 Å². The van der Waals surface area contributed by atoms with E-state index in [0.29, 0.717) is 12.1 Å². The van der Waals surface area contributed by atoms with Crippen molar-refractivity contribution in [3.63, 3.8) is 0 Å². The predicted molar refractivity (Wildman–Crippen MR) is 85.7 cm³/mol. The fourth-order valence-corrected chi connectivity index (χ4v) is 2.67. The lowest BCUT2D eigenvalue weighted by atomic mass is 10.0. The molecule has 0 aliphatic carbocycles. The van der Waals surface area contributed by atoms with Crippen LogP contribution in [-0.2, 0) is 6.42 Å². The summed E-state index contributed by atoms with van der Waals surface area (Å²) in [6.07, 6.45) is 0.397. The second-order valence-electron chi connectivity index (χ2n) is 5.49. The van der Waals surface area contributed by atoms with Crippen LogP contribution in [0.4, 0.5) is 0 Å². The van der Waals surface area contributed by atoms with Crippen LogP contribution in [0.15, 0.2) is 54.6 Å². The first-order valence-corrected chi connectivity index (χ1v) is 7.08. The van der Waals surface area contributed by atoms with E-state index in [-0.39, 0.29) is 5.78 Å². The minimum atomic E-state index is 0.0609. The molecule has 2 aromatic carbocycles. The van der Waals surface area contributed by atoms with Gasteiger partial charge in [-0.2, -0.15) is 0 Å². The van der Waals surface area contributed by atoms with Gasteiger partial charge < -0.3 is 0 Å². The molecule has 0 amide bonds. The van der Waals surface area contributed by atoms with E-state index in [4.69, 9.17) is 0 Å². The minimum Gasteiger partial charge on any atom is -0.292 e. The third-order valence-corrected chi connectivity index (χ3v) is 3.53. The molecule has 0 saturated heterocycles. The normalized spacial score (nSPS) is 10.8. The molecular formula is C19H17NO. The smallest absolute Gasteiger partial charge is 0.185 e. The molecule has 0 aliphatic rings. The molecule has 0 fully saturated rings. The zero-order chi connectivity index (χ0) is 14.8. The highest BCUT2D eigenvalue weighted by molar-refractivity contribution is 5.97. The molecule has 3 rings (SSSR count). The molecule has 2 heteroatoms. The Kier molecular flexibility index (Phi) is 3.53. The third kappa shape index (κ3) is 3.00. The quantitative estimate of drug-likeness (QED) is 0.668. The Bertz CT molecular complexity index is 800. The van der Waals surface area contributed by atoms with E-state index in [1.807, 2.05) is 36.4 Å². The minimum absolute atomic E-state index is 0.0609. The number of hydrogen-bond donors (Lipinski definition) is 0. The first-order valence-electron chi connectivity index (χ1n) is 7.08. The van der Waals surface area contributed by atoms with Gasteiger partial charge in [0, 0.05) is 11.8 Å². The first kappa shape index (κ1) is 13.5. The molecule has 0 N–H and O–H groups in total. The molecule has 3 aromatic rings. The lowest BCUT2D eigenvalue weighted by Gasteiger charge is -2.05. The van der Waals surface area contributed by atoms with Gasteiger partial charge in [0.25, 0.3) is 0 Å². The van der Waals surface area contributed by atoms with E-state index in [1.54, 1.807) is 0 Å². The van der Waals surface area contributed by atoms with Gasteiger partial charge in [0.15, 0.2) is 5.78 Å². The zero-order valence-corrected chi connectivity index (χ0v) is 12.3. The van der Waals surface area contributed by atoms with Crippen molar-refractivity contribution in [2.45, 2.75) is 20.3 Å². The Morgan fingerprint density at radius 1 is 0.952 bits per heavy atom. The van der Waals surface area contributed by atoms with Crippen molar-refractivity contribution in [2.24, 2.45) is 0 Å². The lowest BCUT2D eigenvalue weighted by molar-refractivity contribution is 0.0988. The summed E-state index contributed by atoms with van der Waals surface area (Å²) in [7, 11) is 0. The van der Waals surface area contributed by atoms with Crippen LogP contribution >= 0.6 is 0 Å². The Morgan fingerprint density at radius 3 is 2.43 bits per heavy atom. The SMILES string of the molecule is Cc1cc(C)cc(CC(=O)c2ccc3ccccc3n2)c1. The van der Waals surface area contributed by atoms with Gasteiger partial charge in [-0.15, -0.1) is 0 Å². The van der Waals surface area contributed by atoms with Gasteiger partial charge in [-0.25, -0.2) is 4.98 Å². The monoisotopic (exact) mass is 275 g/mol. The summed E-state index contributed by atoms with van der Waals surface area (Å²) in [6.45, 7) is 4.10. The summed E-state index contributed by atoms with van der Waals surface area (Å²) in [5.74, 6) is 0.0609. The fraction of sp³-hybridized carbons (Fsp3) is 0.158. The number of pyridine rings is 1. The Hall–Kier alpha value is -2.48. The highest BCUT2D eigenvalue weighted by Crippen LogP contribution is 2.15. The van der Waals surface area contributed by atoms with Crippen molar-refractivity contribution < 1.29 is 4.79 Å². The van der Waals surface area contributed by atoms with Crippen LogP contribution in [0.5, 0.6) is 0 Å². The van der Waals surface area contributed by atoms with E-state index in [0.717, 1.165) is 16.5 Å². The van der Waals surface area contributed by atoms with Crippen LogP contribution in [0.2, 0.25) is 0 Å². The summed E-state index contributed by atoms with van der Waals surface area (Å²) < 4.78 is 0. The van der Waals surface area contributed by atoms with Crippen molar-refractivity contribution in [3.8, 4) is 0 Å². The maximum absolute atomic E-state index is 12.4. The van der Waals surface area contributed by atoms with Gasteiger partial charge >= 0.3 is 0 Å². The van der Waals surface area contributed by atoms with Crippen LogP contribution in [-0.4, -0.2) is 10.8 Å². The molecule has 2 nitrogen and oxygen atoms in total. The number of hydrogen-bond acceptors (Lipinski definition) is 2. The molecule has 0 radical (unpaired) electrons. The number of carbonyl (C=O) groups is 1. The van der Waals surface area contributed by atoms with Crippen LogP contribution in [0, 0.1) is 13.8 Å². The van der Waals surface area contributed by atoms with E-state index >= 15 is 0 Å². The first-order chi connectivity index (χ1) is 10.1. The summed E-state index contributed by atoms with van der Waals surface area (Å²) in [5.41, 5.74) is 4.82. The second-order valence-corrected chi connectivity index (χ2v) is 5.49. The average Bonchev–Trinajstić information content (AvgIpc) is 2.45. The van der Waals surface area contributed by atoms with E-state index in [9.17, 15) is 4.79 Å². The highest BCUT2D eigenvalue weighted by atomic mass is 16.1. The lowest BCUT2D eigenvalue weighted by Crippen LogP contribution is -2.06. The third-order valence-electron chi connectivity index (χ3n) is 3.53. The van der Waals surface area contributed by atoms with Gasteiger partial charge in [0.2, 0.25) is 0 Å². The maximum Gasteiger partial charge on any atom is 0.185 e. The van der Waals surface area contributed by atoms with Crippen LogP contribution in [0.3, 0.4) is 0 Å². The van der Waals surface area contributed by atoms with E-state index < -0.39 is 0 Å². The number of aromatic nitrogens is 1. The van der Waals surface area contributed by atoms with Gasteiger partial charge in [-0.05, 0) is 31.5 Å². The molecule has 0 bridgehead atoms. The molecular weight excluding hydrogens is 258 g/mol. The second kappa shape index (κ2) is 5.49. The standard InChI is InChI=1S/C19H17NO/c1-13-9-14(2)11-15(10-13)12-19(21)18-8-7-16-5-3-4-6-17(16)20-18/h3-11H,12H2,1-2H3. The number of carbonyl (C=O) groups excluding carboxylic acids is 1. The molecule has 104 valence electrons. The molecule has 1 aromatic heterocycles. The van der Waals surface area contributed by atoms with E-state index in [1.165, 1.54) is 11.1 Å². The number of benzene rings is 2. The summed E-state index contributed by atoms with van der Waals surface area (Å²) >= 11 is 0. The van der Waals surface area contributed by atoms with Crippen molar-refractivity contribution >= 4 is 16.7 Å². The van der Waals surface area contributed by atoms with Crippen molar-refractivity contribution in [1.29, 1.82) is 0 Å². The number of Topliss-reactive ketones (excluding diaryl/α,β-unsaturated/α-hetero) is 1. The number of fused-ring (bicyclic) bond motifs is 1. The number of para-hydroxylation sites is 1. The van der Waals surface area contributed by atoms with Crippen molar-refractivity contribution in [1.82, 2.24) is 4.98 Å². The number of nitrogens with zero attached hydrogens (tertiary/aromatic N) is 1. The van der Waals surface area contributed by atoms with Gasteiger partial charge in [-0.3, -0.25) is 4.79 Å². The summed E-state index contributed by atoms with van der Waals surface area (Å²) in [4.78, 5) is 16.9. The number of ketones is 1. The molecule has 21 heavy (non-hydrogen) atoms. The molecule has 0 atom stereocenters. The molecule has 0 unspecified atom stereocenters. The van der Waals surface area contributed by atoms with Crippen LogP contribution in [0.25, 0.3) is 10.9 Å². The maximum atomic E-state index is 12.4. The highest BCUT2D eigenvalue weighted by Gasteiger charge is 2.10. The van der Waals surface area contributed by atoms with Crippen LogP contribution in [0.1, 0.15) is 27.2 Å². The predicted octanol–water partition coefficient (Wildman–Crippen LogP) is 4.28. The van der Waals surface area contributed by atoms with Gasteiger partial charge in [-0.1, -0.05) is 53.6 Å². The van der Waals surface area contributed by atoms with Crippen molar-refractivity contribution in [2.75, 3.05) is 0 Å². The number of rotatable bonds is 3. The largest absolute Gasteiger partial charge is 0.292 e. The molecule has 0 saturated carbocycles. The molecule has 0 aliphatic heterocycles. The van der Waals surface area contributed by atoms with Crippen LogP contribution < -0.4 is 0 Å². The topological polar surface area (TPSA) is 30.0 Å². The van der Waals surface area contributed by atoms with Crippen molar-refractivity contribution in [3.05, 3.63) is 77.0 Å².